The molecule has 0 spiro atoms. The minimum atomic E-state index is -0.147. The van der Waals surface area contributed by atoms with E-state index in [1.54, 1.807) is 18.3 Å². The minimum absolute atomic E-state index is 0.00309. The molecule has 1 amide bonds. The van der Waals surface area contributed by atoms with Crippen molar-refractivity contribution in [3.05, 3.63) is 23.9 Å². The second-order valence-electron chi connectivity index (χ2n) is 5.14. The van der Waals surface area contributed by atoms with Crippen LogP contribution in [0.15, 0.2) is 18.3 Å². The molecule has 1 fully saturated rings. The SMILES string of the molecule is CCC(CCO)NC(=O)c1ccnc(OC2CCC2)c1. The molecular formula is C15H22N2O3. The Labute approximate surface area is 119 Å². The average Bonchev–Trinajstić information content (AvgIpc) is 2.42. The Morgan fingerprint density at radius 2 is 2.40 bits per heavy atom. The van der Waals surface area contributed by atoms with Crippen LogP contribution < -0.4 is 10.1 Å². The fourth-order valence-corrected chi connectivity index (χ4v) is 2.08. The van der Waals surface area contributed by atoms with Crippen LogP contribution in [0.25, 0.3) is 0 Å². The highest BCUT2D eigenvalue weighted by atomic mass is 16.5. The van der Waals surface area contributed by atoms with Crippen molar-refractivity contribution in [3.63, 3.8) is 0 Å². The van der Waals surface area contributed by atoms with Crippen LogP contribution in [0.1, 0.15) is 49.4 Å². The van der Waals surface area contributed by atoms with Crippen molar-refractivity contribution in [1.82, 2.24) is 10.3 Å². The summed E-state index contributed by atoms with van der Waals surface area (Å²) >= 11 is 0. The van der Waals surface area contributed by atoms with E-state index in [2.05, 4.69) is 10.3 Å². The summed E-state index contributed by atoms with van der Waals surface area (Å²) < 4.78 is 5.69. The van der Waals surface area contributed by atoms with Crippen molar-refractivity contribution in [2.24, 2.45) is 0 Å². The number of nitrogens with one attached hydrogen (secondary N) is 1. The number of nitrogens with zero attached hydrogens (tertiary/aromatic N) is 1. The number of carbonyl (C=O) groups is 1. The zero-order valence-electron chi connectivity index (χ0n) is 11.8. The summed E-state index contributed by atoms with van der Waals surface area (Å²) in [7, 11) is 0. The molecule has 2 rings (SSSR count). The average molecular weight is 278 g/mol. The van der Waals surface area contributed by atoms with Crippen LogP contribution >= 0.6 is 0 Å². The molecule has 1 heterocycles. The highest BCUT2D eigenvalue weighted by Crippen LogP contribution is 2.24. The molecule has 1 aliphatic carbocycles. The number of ether oxygens (including phenoxy) is 1. The van der Waals surface area contributed by atoms with Crippen molar-refractivity contribution in [1.29, 1.82) is 0 Å². The molecule has 0 radical (unpaired) electrons. The molecule has 5 heteroatoms. The Hall–Kier alpha value is -1.62. The number of aliphatic hydroxyl groups is 1. The second-order valence-corrected chi connectivity index (χ2v) is 5.14. The lowest BCUT2D eigenvalue weighted by Gasteiger charge is -2.25. The molecule has 1 aromatic heterocycles. The third-order valence-corrected chi connectivity index (χ3v) is 3.64. The van der Waals surface area contributed by atoms with Gasteiger partial charge in [-0.25, -0.2) is 4.98 Å². The minimum Gasteiger partial charge on any atom is -0.474 e. The van der Waals surface area contributed by atoms with E-state index in [1.807, 2.05) is 6.92 Å². The molecule has 0 saturated heterocycles. The largest absolute Gasteiger partial charge is 0.474 e. The molecule has 20 heavy (non-hydrogen) atoms. The van der Waals surface area contributed by atoms with E-state index in [4.69, 9.17) is 9.84 Å². The molecule has 1 unspecified atom stereocenters. The van der Waals surface area contributed by atoms with Crippen molar-refractivity contribution in [3.8, 4) is 5.88 Å². The molecule has 0 aliphatic heterocycles. The van der Waals surface area contributed by atoms with Gasteiger partial charge in [0.15, 0.2) is 0 Å². The van der Waals surface area contributed by atoms with Gasteiger partial charge >= 0.3 is 0 Å². The summed E-state index contributed by atoms with van der Waals surface area (Å²) in [6.45, 7) is 2.06. The lowest BCUT2D eigenvalue weighted by Crippen LogP contribution is -2.35. The highest BCUT2D eigenvalue weighted by Gasteiger charge is 2.20. The molecule has 110 valence electrons. The molecule has 1 aliphatic rings. The van der Waals surface area contributed by atoms with Crippen LogP contribution in [0.4, 0.5) is 0 Å². The number of amides is 1. The second kappa shape index (κ2) is 7.24. The third kappa shape index (κ3) is 3.93. The summed E-state index contributed by atoms with van der Waals surface area (Å²) in [6.07, 6.45) is 6.53. The first-order valence-corrected chi connectivity index (χ1v) is 7.27. The Bertz CT molecular complexity index is 446. The van der Waals surface area contributed by atoms with Gasteiger partial charge in [0, 0.05) is 30.5 Å². The first-order valence-electron chi connectivity index (χ1n) is 7.27. The van der Waals surface area contributed by atoms with E-state index in [0.717, 1.165) is 19.3 Å². The van der Waals surface area contributed by atoms with E-state index in [-0.39, 0.29) is 24.7 Å². The maximum absolute atomic E-state index is 12.1. The number of pyridine rings is 1. The fraction of sp³-hybridized carbons (Fsp3) is 0.600. The van der Waals surface area contributed by atoms with Gasteiger partial charge in [-0.3, -0.25) is 4.79 Å². The number of carbonyl (C=O) groups excluding carboxylic acids is 1. The first-order chi connectivity index (χ1) is 9.72. The fourth-order valence-electron chi connectivity index (χ4n) is 2.08. The lowest BCUT2D eigenvalue weighted by atomic mass is 9.96. The van der Waals surface area contributed by atoms with Gasteiger partial charge < -0.3 is 15.2 Å². The number of rotatable bonds is 7. The Morgan fingerprint density at radius 1 is 1.60 bits per heavy atom. The molecule has 5 nitrogen and oxygen atoms in total. The lowest BCUT2D eigenvalue weighted by molar-refractivity contribution is 0.0924. The molecule has 2 N–H and O–H groups in total. The highest BCUT2D eigenvalue weighted by molar-refractivity contribution is 5.94. The van der Waals surface area contributed by atoms with Gasteiger partial charge in [0.05, 0.1) is 0 Å². The van der Waals surface area contributed by atoms with E-state index in [9.17, 15) is 4.79 Å². The zero-order valence-corrected chi connectivity index (χ0v) is 11.8. The number of aromatic nitrogens is 1. The summed E-state index contributed by atoms with van der Waals surface area (Å²) in [5.41, 5.74) is 0.547. The Balaban J connectivity index is 1.96. The number of aliphatic hydroxyl groups excluding tert-OH is 1. The monoisotopic (exact) mass is 278 g/mol. The predicted octanol–water partition coefficient (Wildman–Crippen LogP) is 1.90. The molecule has 1 saturated carbocycles. The smallest absolute Gasteiger partial charge is 0.251 e. The Kier molecular flexibility index (Phi) is 5.35. The van der Waals surface area contributed by atoms with Crippen molar-refractivity contribution in [2.45, 2.75) is 51.2 Å². The number of hydrogen-bond acceptors (Lipinski definition) is 4. The van der Waals surface area contributed by atoms with E-state index in [1.165, 1.54) is 6.42 Å². The van der Waals surface area contributed by atoms with Gasteiger partial charge in [-0.2, -0.15) is 0 Å². The molecule has 0 bridgehead atoms. The van der Waals surface area contributed by atoms with Crippen molar-refractivity contribution < 1.29 is 14.6 Å². The van der Waals surface area contributed by atoms with Gasteiger partial charge in [0.1, 0.15) is 6.10 Å². The van der Waals surface area contributed by atoms with Crippen LogP contribution in [-0.2, 0) is 0 Å². The van der Waals surface area contributed by atoms with Gasteiger partial charge in [-0.1, -0.05) is 6.92 Å². The molecule has 1 atom stereocenters. The van der Waals surface area contributed by atoms with Crippen molar-refractivity contribution in [2.75, 3.05) is 6.61 Å². The first kappa shape index (κ1) is 14.8. The van der Waals surface area contributed by atoms with Crippen LogP contribution in [0.2, 0.25) is 0 Å². The summed E-state index contributed by atoms with van der Waals surface area (Å²) in [5.74, 6) is 0.365. The zero-order chi connectivity index (χ0) is 14.4. The predicted molar refractivity (Wildman–Crippen MR) is 75.8 cm³/mol. The standard InChI is InChI=1S/C15H22N2O3/c1-2-12(7-9-18)17-15(19)11-6-8-16-14(10-11)20-13-4-3-5-13/h6,8,10,12-13,18H,2-5,7,9H2,1H3,(H,17,19). The van der Waals surface area contributed by atoms with E-state index >= 15 is 0 Å². The number of hydrogen-bond donors (Lipinski definition) is 2. The summed E-state index contributed by atoms with van der Waals surface area (Å²) in [6, 6.07) is 3.35. The summed E-state index contributed by atoms with van der Waals surface area (Å²) in [5, 5.41) is 11.9. The maximum Gasteiger partial charge on any atom is 0.251 e. The topological polar surface area (TPSA) is 71.5 Å². The van der Waals surface area contributed by atoms with Gasteiger partial charge in [0.25, 0.3) is 5.91 Å². The summed E-state index contributed by atoms with van der Waals surface area (Å²) in [4.78, 5) is 16.3. The Morgan fingerprint density at radius 3 is 3.00 bits per heavy atom. The quantitative estimate of drug-likeness (QED) is 0.799. The molecular weight excluding hydrogens is 256 g/mol. The van der Waals surface area contributed by atoms with Gasteiger partial charge in [-0.05, 0) is 38.2 Å². The van der Waals surface area contributed by atoms with E-state index in [0.29, 0.717) is 17.9 Å². The van der Waals surface area contributed by atoms with Gasteiger partial charge in [-0.15, -0.1) is 0 Å². The van der Waals surface area contributed by atoms with Crippen molar-refractivity contribution >= 4 is 5.91 Å². The molecule has 1 aromatic rings. The van der Waals surface area contributed by atoms with Gasteiger partial charge in [0.2, 0.25) is 5.88 Å². The van der Waals surface area contributed by atoms with E-state index < -0.39 is 0 Å². The normalized spacial score (nSPS) is 16.3. The van der Waals surface area contributed by atoms with Crippen LogP contribution in [-0.4, -0.2) is 34.8 Å². The molecule has 0 aromatic carbocycles. The third-order valence-electron chi connectivity index (χ3n) is 3.64. The van der Waals surface area contributed by atoms with Crippen LogP contribution in [0.5, 0.6) is 5.88 Å². The van der Waals surface area contributed by atoms with Crippen LogP contribution in [0, 0.1) is 0 Å². The van der Waals surface area contributed by atoms with Crippen LogP contribution in [0.3, 0.4) is 0 Å². The maximum atomic E-state index is 12.1.